The number of nitrogens with zero attached hydrogens (tertiary/aromatic N) is 1. The number of nitriles is 1. The molecule has 0 aliphatic heterocycles. The van der Waals surface area contributed by atoms with Crippen molar-refractivity contribution < 1.29 is 9.53 Å². The Morgan fingerprint density at radius 2 is 1.96 bits per heavy atom. The predicted octanol–water partition coefficient (Wildman–Crippen LogP) is 5.50. The standard InChI is InChI=1S/C24H28N2O2/c1-3-14-28-22-11-10-21(16-19(22)17-25)26-23(27)24(12-5-4-6-13-24)20-9-7-8-18(2)15-20/h7-11,15-16H,3-6,12-14H2,1-2H3,(H,26,27). The third-order valence-electron chi connectivity index (χ3n) is 5.53. The Balaban J connectivity index is 1.88. The summed E-state index contributed by atoms with van der Waals surface area (Å²) in [6, 6.07) is 15.8. The first-order valence-corrected chi connectivity index (χ1v) is 10.1. The van der Waals surface area contributed by atoms with Gasteiger partial charge in [0.05, 0.1) is 17.6 Å². The van der Waals surface area contributed by atoms with Gasteiger partial charge in [-0.1, -0.05) is 56.0 Å². The number of aryl methyl sites for hydroxylation is 1. The zero-order valence-electron chi connectivity index (χ0n) is 16.8. The Labute approximate surface area is 167 Å². The highest BCUT2D eigenvalue weighted by molar-refractivity contribution is 5.99. The van der Waals surface area contributed by atoms with Gasteiger partial charge in [0.2, 0.25) is 5.91 Å². The van der Waals surface area contributed by atoms with Gasteiger partial charge in [-0.15, -0.1) is 0 Å². The average Bonchev–Trinajstić information content (AvgIpc) is 2.73. The van der Waals surface area contributed by atoms with E-state index in [0.717, 1.165) is 37.7 Å². The lowest BCUT2D eigenvalue weighted by Gasteiger charge is -2.36. The fourth-order valence-corrected chi connectivity index (χ4v) is 4.03. The molecule has 4 heteroatoms. The number of rotatable bonds is 6. The molecule has 0 heterocycles. The lowest BCUT2D eigenvalue weighted by molar-refractivity contribution is -0.122. The topological polar surface area (TPSA) is 62.1 Å². The maximum Gasteiger partial charge on any atom is 0.235 e. The number of hydrogen-bond donors (Lipinski definition) is 1. The molecule has 2 aromatic rings. The van der Waals surface area contributed by atoms with Crippen LogP contribution in [0, 0.1) is 18.3 Å². The molecule has 1 aliphatic rings. The van der Waals surface area contributed by atoms with Crippen molar-refractivity contribution >= 4 is 11.6 Å². The minimum atomic E-state index is -0.505. The molecule has 1 fully saturated rings. The number of hydrogen-bond acceptors (Lipinski definition) is 3. The van der Waals surface area contributed by atoms with Gasteiger partial charge in [0.15, 0.2) is 0 Å². The average molecular weight is 377 g/mol. The van der Waals surface area contributed by atoms with Crippen LogP contribution in [-0.4, -0.2) is 12.5 Å². The van der Waals surface area contributed by atoms with E-state index in [2.05, 4.69) is 36.5 Å². The van der Waals surface area contributed by atoms with E-state index >= 15 is 0 Å². The van der Waals surface area contributed by atoms with E-state index in [4.69, 9.17) is 4.74 Å². The van der Waals surface area contributed by atoms with Crippen LogP contribution in [0.5, 0.6) is 5.75 Å². The maximum atomic E-state index is 13.4. The first-order valence-electron chi connectivity index (χ1n) is 10.1. The lowest BCUT2D eigenvalue weighted by Crippen LogP contribution is -2.42. The molecule has 0 saturated heterocycles. The van der Waals surface area contributed by atoms with Gasteiger partial charge >= 0.3 is 0 Å². The van der Waals surface area contributed by atoms with Gasteiger partial charge in [0.25, 0.3) is 0 Å². The van der Waals surface area contributed by atoms with Crippen LogP contribution < -0.4 is 10.1 Å². The second kappa shape index (κ2) is 8.93. The quantitative estimate of drug-likeness (QED) is 0.724. The molecular weight excluding hydrogens is 348 g/mol. The molecular formula is C24H28N2O2. The monoisotopic (exact) mass is 376 g/mol. The van der Waals surface area contributed by atoms with Gasteiger partial charge in [-0.25, -0.2) is 0 Å². The summed E-state index contributed by atoms with van der Waals surface area (Å²) in [4.78, 5) is 13.4. The van der Waals surface area contributed by atoms with E-state index in [1.807, 2.05) is 19.1 Å². The molecule has 0 spiro atoms. The van der Waals surface area contributed by atoms with E-state index in [0.29, 0.717) is 23.6 Å². The summed E-state index contributed by atoms with van der Waals surface area (Å²) in [6.07, 6.45) is 5.85. The second-order valence-electron chi connectivity index (χ2n) is 7.64. The number of ether oxygens (including phenoxy) is 1. The Morgan fingerprint density at radius 1 is 1.18 bits per heavy atom. The molecule has 1 N–H and O–H groups in total. The summed E-state index contributed by atoms with van der Waals surface area (Å²) in [7, 11) is 0. The third kappa shape index (κ3) is 4.20. The SMILES string of the molecule is CCCOc1ccc(NC(=O)C2(c3cccc(C)c3)CCCCC2)cc1C#N. The molecule has 0 radical (unpaired) electrons. The van der Waals surface area contributed by atoms with Gasteiger partial charge < -0.3 is 10.1 Å². The van der Waals surface area contributed by atoms with Gasteiger partial charge in [-0.05, 0) is 49.9 Å². The highest BCUT2D eigenvalue weighted by atomic mass is 16.5. The highest BCUT2D eigenvalue weighted by Crippen LogP contribution is 2.41. The van der Waals surface area contributed by atoms with Crippen molar-refractivity contribution in [2.24, 2.45) is 0 Å². The Hall–Kier alpha value is -2.80. The Kier molecular flexibility index (Phi) is 6.36. The largest absolute Gasteiger partial charge is 0.492 e. The highest BCUT2D eigenvalue weighted by Gasteiger charge is 2.41. The van der Waals surface area contributed by atoms with E-state index in [1.54, 1.807) is 12.1 Å². The van der Waals surface area contributed by atoms with Crippen LogP contribution in [-0.2, 0) is 10.2 Å². The van der Waals surface area contributed by atoms with Crippen LogP contribution >= 0.6 is 0 Å². The first-order chi connectivity index (χ1) is 13.6. The van der Waals surface area contributed by atoms with Crippen molar-refractivity contribution in [3.05, 3.63) is 59.2 Å². The fraction of sp³-hybridized carbons (Fsp3) is 0.417. The molecule has 0 unspecified atom stereocenters. The first kappa shape index (κ1) is 19.9. The van der Waals surface area contributed by atoms with Crippen molar-refractivity contribution in [2.75, 3.05) is 11.9 Å². The molecule has 1 aliphatic carbocycles. The number of carbonyl (C=O) groups excluding carboxylic acids is 1. The van der Waals surface area contributed by atoms with Crippen molar-refractivity contribution in [3.63, 3.8) is 0 Å². The molecule has 28 heavy (non-hydrogen) atoms. The van der Waals surface area contributed by atoms with Gasteiger partial charge in [0.1, 0.15) is 11.8 Å². The van der Waals surface area contributed by atoms with Gasteiger partial charge in [-0.2, -0.15) is 5.26 Å². The summed E-state index contributed by atoms with van der Waals surface area (Å²) in [5.74, 6) is 0.581. The van der Waals surface area contributed by atoms with Gasteiger partial charge in [-0.3, -0.25) is 4.79 Å². The van der Waals surface area contributed by atoms with E-state index < -0.39 is 5.41 Å². The molecule has 0 atom stereocenters. The normalized spacial score (nSPS) is 15.5. The second-order valence-corrected chi connectivity index (χ2v) is 7.64. The van der Waals surface area contributed by atoms with E-state index in [9.17, 15) is 10.1 Å². The van der Waals surface area contributed by atoms with Crippen LogP contribution in [0.2, 0.25) is 0 Å². The summed E-state index contributed by atoms with van der Waals surface area (Å²) in [5.41, 5.74) is 2.84. The summed E-state index contributed by atoms with van der Waals surface area (Å²) >= 11 is 0. The van der Waals surface area contributed by atoms with E-state index in [-0.39, 0.29) is 5.91 Å². The minimum Gasteiger partial charge on any atom is -0.492 e. The third-order valence-corrected chi connectivity index (χ3v) is 5.53. The van der Waals surface area contributed by atoms with E-state index in [1.165, 1.54) is 12.0 Å². The number of amides is 1. The Bertz CT molecular complexity index is 876. The van der Waals surface area contributed by atoms with Crippen LogP contribution in [0.25, 0.3) is 0 Å². The predicted molar refractivity (Wildman–Crippen MR) is 112 cm³/mol. The van der Waals surface area contributed by atoms with Crippen molar-refractivity contribution in [2.45, 2.75) is 57.8 Å². The molecule has 4 nitrogen and oxygen atoms in total. The van der Waals surface area contributed by atoms with Crippen molar-refractivity contribution in [1.29, 1.82) is 5.26 Å². The molecule has 0 bridgehead atoms. The molecule has 0 aromatic heterocycles. The maximum absolute atomic E-state index is 13.4. The molecule has 2 aromatic carbocycles. The summed E-state index contributed by atoms with van der Waals surface area (Å²) in [6.45, 7) is 4.65. The van der Waals surface area contributed by atoms with Gasteiger partial charge in [0, 0.05) is 5.69 Å². The van der Waals surface area contributed by atoms with Crippen LogP contribution in [0.4, 0.5) is 5.69 Å². The minimum absolute atomic E-state index is 0.0175. The smallest absolute Gasteiger partial charge is 0.235 e. The van der Waals surface area contributed by atoms with Crippen molar-refractivity contribution in [1.82, 2.24) is 0 Å². The number of benzene rings is 2. The van der Waals surface area contributed by atoms with Crippen LogP contribution in [0.1, 0.15) is 62.1 Å². The van der Waals surface area contributed by atoms with Crippen LogP contribution in [0.3, 0.4) is 0 Å². The zero-order valence-corrected chi connectivity index (χ0v) is 16.8. The Morgan fingerprint density at radius 3 is 2.64 bits per heavy atom. The zero-order chi connectivity index (χ0) is 20.0. The molecule has 1 saturated carbocycles. The number of carbonyl (C=O) groups is 1. The fourth-order valence-electron chi connectivity index (χ4n) is 4.03. The van der Waals surface area contributed by atoms with Crippen LogP contribution in [0.15, 0.2) is 42.5 Å². The summed E-state index contributed by atoms with van der Waals surface area (Å²) in [5, 5.41) is 12.5. The molecule has 3 rings (SSSR count). The molecule has 1 amide bonds. The van der Waals surface area contributed by atoms with Crippen molar-refractivity contribution in [3.8, 4) is 11.8 Å². The number of nitrogens with one attached hydrogen (secondary N) is 1. The lowest BCUT2D eigenvalue weighted by atomic mass is 9.68. The molecule has 146 valence electrons. The number of anilines is 1. The summed E-state index contributed by atoms with van der Waals surface area (Å²) < 4.78 is 5.62.